The number of para-hydroxylation sites is 2. The predicted molar refractivity (Wildman–Crippen MR) is 86.3 cm³/mol. The number of hydrogen-bond donors (Lipinski definition) is 1. The van der Waals surface area contributed by atoms with Gasteiger partial charge in [-0.05, 0) is 19.1 Å². The van der Waals surface area contributed by atoms with Gasteiger partial charge in [-0.1, -0.05) is 24.8 Å². The molecule has 0 aliphatic heterocycles. The van der Waals surface area contributed by atoms with Crippen LogP contribution in [0, 0.1) is 6.92 Å². The van der Waals surface area contributed by atoms with E-state index in [0.717, 1.165) is 10.7 Å². The molecule has 1 aromatic heterocycles. The second kappa shape index (κ2) is 8.19. The number of rotatable bonds is 8. The van der Waals surface area contributed by atoms with Crippen LogP contribution in [-0.2, 0) is 11.3 Å². The van der Waals surface area contributed by atoms with Crippen molar-refractivity contribution in [2.75, 3.05) is 13.2 Å². The van der Waals surface area contributed by atoms with E-state index < -0.39 is 0 Å². The van der Waals surface area contributed by atoms with Crippen molar-refractivity contribution in [2.24, 2.45) is 0 Å². The van der Waals surface area contributed by atoms with E-state index in [2.05, 4.69) is 16.9 Å². The van der Waals surface area contributed by atoms with Crippen molar-refractivity contribution >= 4 is 17.2 Å². The van der Waals surface area contributed by atoms with E-state index in [9.17, 15) is 4.79 Å². The summed E-state index contributed by atoms with van der Waals surface area (Å²) < 4.78 is 11.0. The molecular weight excluding hydrogens is 300 g/mol. The summed E-state index contributed by atoms with van der Waals surface area (Å²) in [4.78, 5) is 16.1. The zero-order valence-electron chi connectivity index (χ0n) is 12.4. The van der Waals surface area contributed by atoms with Crippen LogP contribution in [0.1, 0.15) is 10.7 Å². The molecule has 0 fully saturated rings. The molecule has 1 aromatic carbocycles. The lowest BCUT2D eigenvalue weighted by molar-refractivity contribution is -0.123. The maximum Gasteiger partial charge on any atom is 0.258 e. The van der Waals surface area contributed by atoms with Crippen LogP contribution in [0.3, 0.4) is 0 Å². The second-order valence-corrected chi connectivity index (χ2v) is 5.53. The van der Waals surface area contributed by atoms with Gasteiger partial charge in [-0.15, -0.1) is 11.3 Å². The Morgan fingerprint density at radius 1 is 1.36 bits per heavy atom. The highest BCUT2D eigenvalue weighted by Gasteiger charge is 2.08. The van der Waals surface area contributed by atoms with Gasteiger partial charge in [0.05, 0.1) is 17.2 Å². The van der Waals surface area contributed by atoms with Crippen LogP contribution >= 0.6 is 11.3 Å². The van der Waals surface area contributed by atoms with Crippen molar-refractivity contribution in [3.63, 3.8) is 0 Å². The van der Waals surface area contributed by atoms with E-state index in [-0.39, 0.29) is 12.5 Å². The number of benzene rings is 1. The SMILES string of the molecule is C=CCOc1ccccc1OCC(=O)NCc1csc(C)n1. The Kier molecular flexibility index (Phi) is 5.97. The highest BCUT2D eigenvalue weighted by molar-refractivity contribution is 7.09. The molecule has 1 heterocycles. The third kappa shape index (κ3) is 4.89. The van der Waals surface area contributed by atoms with Gasteiger partial charge in [0.15, 0.2) is 18.1 Å². The van der Waals surface area contributed by atoms with Gasteiger partial charge in [0.25, 0.3) is 5.91 Å². The van der Waals surface area contributed by atoms with E-state index in [1.807, 2.05) is 24.4 Å². The van der Waals surface area contributed by atoms with Crippen molar-refractivity contribution in [3.8, 4) is 11.5 Å². The van der Waals surface area contributed by atoms with Crippen LogP contribution in [0.25, 0.3) is 0 Å². The van der Waals surface area contributed by atoms with Crippen LogP contribution in [0.5, 0.6) is 11.5 Å². The van der Waals surface area contributed by atoms with Crippen molar-refractivity contribution in [2.45, 2.75) is 13.5 Å². The fraction of sp³-hybridized carbons (Fsp3) is 0.250. The molecule has 0 spiro atoms. The van der Waals surface area contributed by atoms with Gasteiger partial charge in [0.2, 0.25) is 0 Å². The van der Waals surface area contributed by atoms with Crippen molar-refractivity contribution in [1.29, 1.82) is 0 Å². The molecule has 0 bridgehead atoms. The number of amides is 1. The first-order valence-corrected chi connectivity index (χ1v) is 7.70. The minimum atomic E-state index is -0.204. The standard InChI is InChI=1S/C16H18N2O3S/c1-3-8-20-14-6-4-5-7-15(14)21-10-16(19)17-9-13-11-22-12(2)18-13/h3-7,11H,1,8-10H2,2H3,(H,17,19). The third-order valence-corrected chi connectivity index (χ3v) is 3.52. The molecule has 22 heavy (non-hydrogen) atoms. The highest BCUT2D eigenvalue weighted by atomic mass is 32.1. The number of hydrogen-bond acceptors (Lipinski definition) is 5. The Morgan fingerprint density at radius 2 is 2.09 bits per heavy atom. The largest absolute Gasteiger partial charge is 0.486 e. The van der Waals surface area contributed by atoms with Gasteiger partial charge in [-0.2, -0.15) is 0 Å². The van der Waals surface area contributed by atoms with Crippen LogP contribution in [-0.4, -0.2) is 24.1 Å². The Morgan fingerprint density at radius 3 is 2.73 bits per heavy atom. The van der Waals surface area contributed by atoms with E-state index in [1.54, 1.807) is 29.5 Å². The molecule has 0 saturated carbocycles. The minimum absolute atomic E-state index is 0.0718. The maximum atomic E-state index is 11.8. The first kappa shape index (κ1) is 16.0. The monoisotopic (exact) mass is 318 g/mol. The summed E-state index contributed by atoms with van der Waals surface area (Å²) in [5.74, 6) is 0.915. The molecule has 2 rings (SSSR count). The number of carbonyl (C=O) groups is 1. The molecule has 0 unspecified atom stereocenters. The summed E-state index contributed by atoms with van der Waals surface area (Å²) in [6.07, 6.45) is 1.65. The number of ether oxygens (including phenoxy) is 2. The minimum Gasteiger partial charge on any atom is -0.486 e. The third-order valence-electron chi connectivity index (χ3n) is 2.70. The van der Waals surface area contributed by atoms with Gasteiger partial charge in [0.1, 0.15) is 6.61 Å². The Hall–Kier alpha value is -2.34. The molecule has 0 radical (unpaired) electrons. The van der Waals surface area contributed by atoms with E-state index >= 15 is 0 Å². The Balaban J connectivity index is 1.81. The molecule has 1 N–H and O–H groups in total. The quantitative estimate of drug-likeness (QED) is 0.760. The van der Waals surface area contributed by atoms with Gasteiger partial charge in [-0.3, -0.25) is 4.79 Å². The first-order valence-electron chi connectivity index (χ1n) is 6.82. The normalized spacial score (nSPS) is 10.0. The lowest BCUT2D eigenvalue weighted by Crippen LogP contribution is -2.28. The summed E-state index contributed by atoms with van der Waals surface area (Å²) in [6.45, 7) is 6.25. The van der Waals surface area contributed by atoms with E-state index in [1.165, 1.54) is 0 Å². The molecule has 116 valence electrons. The molecule has 0 atom stereocenters. The van der Waals surface area contributed by atoms with Crippen LogP contribution < -0.4 is 14.8 Å². The summed E-state index contributed by atoms with van der Waals surface area (Å²) in [6, 6.07) is 7.21. The van der Waals surface area contributed by atoms with E-state index in [4.69, 9.17) is 9.47 Å². The summed E-state index contributed by atoms with van der Waals surface area (Å²) in [7, 11) is 0. The lowest BCUT2D eigenvalue weighted by Gasteiger charge is -2.11. The maximum absolute atomic E-state index is 11.8. The number of nitrogens with zero attached hydrogens (tertiary/aromatic N) is 1. The summed E-state index contributed by atoms with van der Waals surface area (Å²) >= 11 is 1.56. The lowest BCUT2D eigenvalue weighted by atomic mass is 10.3. The van der Waals surface area contributed by atoms with Crippen LogP contribution in [0.4, 0.5) is 0 Å². The Bertz CT molecular complexity index is 640. The topological polar surface area (TPSA) is 60.5 Å². The van der Waals surface area contributed by atoms with E-state index in [0.29, 0.717) is 24.7 Å². The van der Waals surface area contributed by atoms with Crippen LogP contribution in [0.2, 0.25) is 0 Å². The smallest absolute Gasteiger partial charge is 0.258 e. The van der Waals surface area contributed by atoms with Gasteiger partial charge in [0, 0.05) is 5.38 Å². The van der Waals surface area contributed by atoms with Crippen LogP contribution in [0.15, 0.2) is 42.3 Å². The summed E-state index contributed by atoms with van der Waals surface area (Å²) in [5, 5.41) is 5.67. The number of aryl methyl sites for hydroxylation is 1. The Labute approximate surface area is 133 Å². The number of aromatic nitrogens is 1. The predicted octanol–water partition coefficient (Wildman–Crippen LogP) is 2.71. The number of nitrogens with one attached hydrogen (secondary N) is 1. The average Bonchev–Trinajstić information content (AvgIpc) is 2.95. The molecule has 5 nitrogen and oxygen atoms in total. The highest BCUT2D eigenvalue weighted by Crippen LogP contribution is 2.26. The fourth-order valence-electron chi connectivity index (χ4n) is 1.71. The zero-order chi connectivity index (χ0) is 15.8. The molecule has 1 amide bonds. The first-order chi connectivity index (χ1) is 10.7. The zero-order valence-corrected chi connectivity index (χ0v) is 13.2. The summed E-state index contributed by atoms with van der Waals surface area (Å²) in [5.41, 5.74) is 0.852. The van der Waals surface area contributed by atoms with Crippen molar-refractivity contribution in [1.82, 2.24) is 10.3 Å². The van der Waals surface area contributed by atoms with Crippen molar-refractivity contribution in [3.05, 3.63) is 53.0 Å². The molecular formula is C16H18N2O3S. The second-order valence-electron chi connectivity index (χ2n) is 4.47. The molecule has 0 saturated heterocycles. The van der Waals surface area contributed by atoms with Crippen molar-refractivity contribution < 1.29 is 14.3 Å². The van der Waals surface area contributed by atoms with Gasteiger partial charge in [-0.25, -0.2) is 4.98 Å². The molecule has 6 heteroatoms. The number of thiazole rings is 1. The van der Waals surface area contributed by atoms with Gasteiger partial charge < -0.3 is 14.8 Å². The number of carbonyl (C=O) groups excluding carboxylic acids is 1. The fourth-order valence-corrected chi connectivity index (χ4v) is 2.32. The molecule has 0 aliphatic rings. The molecule has 0 aliphatic carbocycles. The molecule has 2 aromatic rings. The van der Waals surface area contributed by atoms with Gasteiger partial charge >= 0.3 is 0 Å². The average molecular weight is 318 g/mol.